The number of carbonyl (C=O) groups is 4. The van der Waals surface area contributed by atoms with Crippen molar-refractivity contribution < 1.29 is 80.2 Å². The van der Waals surface area contributed by atoms with E-state index in [1.165, 1.54) is 70.6 Å². The number of esters is 4. The molecule has 0 spiro atoms. The van der Waals surface area contributed by atoms with Crippen LogP contribution >= 0.6 is 15.6 Å². The Morgan fingerprint density at radius 3 is 0.840 bits per heavy atom. The van der Waals surface area contributed by atoms with E-state index in [0.717, 1.165) is 173 Å². The Morgan fingerprint density at radius 1 is 0.290 bits per heavy atom. The fraction of sp³-hybridized carbons (Fsp3) is 0.728. The zero-order chi connectivity index (χ0) is 73.2. The highest BCUT2D eigenvalue weighted by atomic mass is 31.2. The first-order chi connectivity index (χ1) is 48.7. The van der Waals surface area contributed by atoms with Gasteiger partial charge in [0.2, 0.25) is 0 Å². The highest BCUT2D eigenvalue weighted by Crippen LogP contribution is 2.45. The molecule has 0 amide bonds. The largest absolute Gasteiger partial charge is 0.472 e. The molecule has 576 valence electrons. The molecule has 0 saturated heterocycles. The molecule has 0 rings (SSSR count). The summed E-state index contributed by atoms with van der Waals surface area (Å²) < 4.78 is 68.5. The maximum Gasteiger partial charge on any atom is 0.472 e. The lowest BCUT2D eigenvalue weighted by Crippen LogP contribution is -2.30. The van der Waals surface area contributed by atoms with E-state index in [9.17, 15) is 43.2 Å². The van der Waals surface area contributed by atoms with Crippen molar-refractivity contribution in [2.75, 3.05) is 39.6 Å². The summed E-state index contributed by atoms with van der Waals surface area (Å²) in [6.45, 7) is 4.65. The Kier molecular flexibility index (Phi) is 69.9. The predicted molar refractivity (Wildman–Crippen MR) is 408 cm³/mol. The van der Waals surface area contributed by atoms with Gasteiger partial charge in [-0.25, -0.2) is 9.13 Å². The fourth-order valence-electron chi connectivity index (χ4n) is 10.2. The van der Waals surface area contributed by atoms with E-state index in [0.29, 0.717) is 25.7 Å². The molecule has 0 aliphatic carbocycles. The third-order valence-corrected chi connectivity index (χ3v) is 18.1. The highest BCUT2D eigenvalue weighted by molar-refractivity contribution is 7.47. The van der Waals surface area contributed by atoms with E-state index in [1.807, 2.05) is 0 Å². The average Bonchev–Trinajstić information content (AvgIpc) is 0.924. The molecule has 0 fully saturated rings. The first-order valence-electron chi connectivity index (χ1n) is 39.1. The normalized spacial score (nSPS) is 14.5. The number of carbonyl (C=O) groups excluding carboxylic acids is 4. The Labute approximate surface area is 607 Å². The minimum Gasteiger partial charge on any atom is -0.462 e. The summed E-state index contributed by atoms with van der Waals surface area (Å²) >= 11 is 0. The molecule has 0 aromatic carbocycles. The number of aliphatic hydroxyl groups excluding tert-OH is 1. The van der Waals surface area contributed by atoms with Gasteiger partial charge in [-0.2, -0.15) is 0 Å². The molecule has 19 heteroatoms. The van der Waals surface area contributed by atoms with Gasteiger partial charge in [-0.1, -0.05) is 253 Å². The van der Waals surface area contributed by atoms with Crippen molar-refractivity contribution in [2.45, 2.75) is 341 Å². The molecular weight excluding hydrogens is 1310 g/mol. The Morgan fingerprint density at radius 2 is 0.520 bits per heavy atom. The first kappa shape index (κ1) is 95.7. The van der Waals surface area contributed by atoms with E-state index in [-0.39, 0.29) is 25.7 Å². The van der Waals surface area contributed by atoms with Crippen LogP contribution in [0.5, 0.6) is 0 Å². The van der Waals surface area contributed by atoms with Gasteiger partial charge in [-0.3, -0.25) is 37.3 Å². The van der Waals surface area contributed by atoms with Gasteiger partial charge in [0, 0.05) is 25.7 Å². The minimum atomic E-state index is -4.99. The van der Waals surface area contributed by atoms with Crippen LogP contribution in [0.3, 0.4) is 0 Å². The van der Waals surface area contributed by atoms with Crippen LogP contribution in [0.2, 0.25) is 0 Å². The van der Waals surface area contributed by atoms with Crippen LogP contribution in [0.1, 0.15) is 323 Å². The number of unbranched alkanes of at least 4 members (excludes halogenated alkanes) is 29. The van der Waals surface area contributed by atoms with Crippen LogP contribution < -0.4 is 0 Å². The highest BCUT2D eigenvalue weighted by Gasteiger charge is 2.30. The van der Waals surface area contributed by atoms with Gasteiger partial charge in [0.25, 0.3) is 0 Å². The number of allylic oxidation sites excluding steroid dienone is 18. The summed E-state index contributed by atoms with van der Waals surface area (Å²) in [5.74, 6) is -2.24. The Bertz CT molecular complexity index is 2320. The molecule has 100 heavy (non-hydrogen) atoms. The SMILES string of the molecule is CC/C=C\C/C=C\C/C=C\C/C=C\C/C=C\CCCCCC(=O)OC[C@H](COP(=O)(O)OC[C@@H](O)COP(=O)(O)OC[C@@H](COC(=O)CCCCCCC/C=C\CCCCCC)OC(=O)CCCCCCC/C=C\C/C=C\CCCCC)OC(=O)CCCCCCC/C=C\CCCCCC. The lowest BCUT2D eigenvalue weighted by Gasteiger charge is -2.21. The molecule has 0 aliphatic rings. The van der Waals surface area contributed by atoms with Gasteiger partial charge in [0.15, 0.2) is 12.2 Å². The second-order valence-corrected chi connectivity index (χ2v) is 28.8. The van der Waals surface area contributed by atoms with Crippen molar-refractivity contribution in [1.82, 2.24) is 0 Å². The summed E-state index contributed by atoms with van der Waals surface area (Å²) in [6.07, 6.45) is 77.8. The number of rotatable bonds is 73. The summed E-state index contributed by atoms with van der Waals surface area (Å²) in [5.41, 5.74) is 0. The molecule has 0 heterocycles. The van der Waals surface area contributed by atoms with Gasteiger partial charge in [0.05, 0.1) is 26.4 Å². The monoisotopic (exact) mass is 1450 g/mol. The summed E-state index contributed by atoms with van der Waals surface area (Å²) in [6, 6.07) is 0. The van der Waals surface area contributed by atoms with Crippen molar-refractivity contribution in [3.8, 4) is 0 Å². The molecule has 2 unspecified atom stereocenters. The lowest BCUT2D eigenvalue weighted by atomic mass is 10.1. The van der Waals surface area contributed by atoms with Gasteiger partial charge >= 0.3 is 39.5 Å². The smallest absolute Gasteiger partial charge is 0.462 e. The Balaban J connectivity index is 5.38. The maximum atomic E-state index is 13.1. The summed E-state index contributed by atoms with van der Waals surface area (Å²) in [5, 5.41) is 10.6. The van der Waals surface area contributed by atoms with Gasteiger partial charge in [-0.05, 0) is 154 Å². The third kappa shape index (κ3) is 72.1. The molecule has 0 aromatic heterocycles. The van der Waals surface area contributed by atoms with Crippen molar-refractivity contribution in [3.05, 3.63) is 109 Å². The zero-order valence-electron chi connectivity index (χ0n) is 62.8. The number of aliphatic hydroxyl groups is 1. The topological polar surface area (TPSA) is 237 Å². The fourth-order valence-corrected chi connectivity index (χ4v) is 11.8. The van der Waals surface area contributed by atoms with E-state index in [4.69, 9.17) is 37.0 Å². The Hall–Kier alpha value is -4.28. The van der Waals surface area contributed by atoms with Gasteiger partial charge in [0.1, 0.15) is 19.3 Å². The zero-order valence-corrected chi connectivity index (χ0v) is 64.6. The van der Waals surface area contributed by atoms with E-state index < -0.39 is 97.5 Å². The van der Waals surface area contributed by atoms with Crippen LogP contribution in [-0.2, 0) is 65.4 Å². The van der Waals surface area contributed by atoms with E-state index in [1.54, 1.807) is 0 Å². The van der Waals surface area contributed by atoms with Crippen molar-refractivity contribution in [1.29, 1.82) is 0 Å². The molecule has 0 radical (unpaired) electrons. The number of ether oxygens (including phenoxy) is 4. The second kappa shape index (κ2) is 73.0. The van der Waals surface area contributed by atoms with E-state index in [2.05, 4.69) is 137 Å². The number of hydrogen-bond acceptors (Lipinski definition) is 15. The number of phosphoric acid groups is 2. The van der Waals surface area contributed by atoms with Crippen LogP contribution in [0.15, 0.2) is 109 Å². The first-order valence-corrected chi connectivity index (χ1v) is 42.1. The van der Waals surface area contributed by atoms with Crippen molar-refractivity contribution in [2.24, 2.45) is 0 Å². The van der Waals surface area contributed by atoms with Gasteiger partial charge in [-0.15, -0.1) is 0 Å². The van der Waals surface area contributed by atoms with Gasteiger partial charge < -0.3 is 33.8 Å². The second-order valence-electron chi connectivity index (χ2n) is 25.9. The van der Waals surface area contributed by atoms with Crippen LogP contribution in [-0.4, -0.2) is 96.7 Å². The van der Waals surface area contributed by atoms with Crippen LogP contribution in [0, 0.1) is 0 Å². The maximum absolute atomic E-state index is 13.1. The van der Waals surface area contributed by atoms with Crippen molar-refractivity contribution in [3.63, 3.8) is 0 Å². The molecule has 0 aliphatic heterocycles. The molecule has 3 N–H and O–H groups in total. The molecule has 0 bridgehead atoms. The average molecular weight is 1450 g/mol. The van der Waals surface area contributed by atoms with Crippen LogP contribution in [0.4, 0.5) is 0 Å². The predicted octanol–water partition coefficient (Wildman–Crippen LogP) is 22.6. The summed E-state index contributed by atoms with van der Waals surface area (Å²) in [4.78, 5) is 72.9. The minimum absolute atomic E-state index is 0.0758. The van der Waals surface area contributed by atoms with E-state index >= 15 is 0 Å². The molecule has 0 saturated carbocycles. The van der Waals surface area contributed by atoms with Crippen LogP contribution in [0.25, 0.3) is 0 Å². The van der Waals surface area contributed by atoms with Crippen molar-refractivity contribution >= 4 is 39.5 Å². The standard InChI is InChI=1S/C81H140O17P2/c1-5-9-13-17-21-25-29-33-35-36-37-38-40-43-46-50-54-58-62-66-79(84)92-72-76(97-80(85)67-63-59-55-51-47-42-32-28-24-20-16-12-8-4)73-95-99(87,88)93-69-75(82)70-94-100(89,90)96-74-77(71-91-78(83)65-61-57-53-49-45-41-31-27-23-19-15-11-7-3)98-81(86)68-64-60-56-52-48-44-39-34-30-26-22-18-14-10-6-2/h9,13,21-22,25-28,31-35,37-39,43,46,75-77,82H,5-8,10-12,14-20,23-24,29-30,36,40-42,44-45,47-74H2,1-4H3,(H,87,88)(H,89,90)/b13-9-,25-21-,26-22-,31-27-,32-28-,35-33-,38-37-,39-34-,46-43-/t75-,76-,77-/m1/s1. The molecule has 5 atom stereocenters. The quantitative estimate of drug-likeness (QED) is 0.0169. The summed E-state index contributed by atoms with van der Waals surface area (Å²) in [7, 11) is -9.97. The molecular formula is C81H140O17P2. The third-order valence-electron chi connectivity index (χ3n) is 16.2. The molecule has 17 nitrogen and oxygen atoms in total. The lowest BCUT2D eigenvalue weighted by molar-refractivity contribution is -0.161. The molecule has 0 aromatic rings. The number of hydrogen-bond donors (Lipinski definition) is 3. The number of phosphoric ester groups is 2.